The summed E-state index contributed by atoms with van der Waals surface area (Å²) in [7, 11) is 0. The molecule has 0 saturated heterocycles. The Labute approximate surface area is 113 Å². The predicted molar refractivity (Wildman–Crippen MR) is 76.0 cm³/mol. The van der Waals surface area contributed by atoms with E-state index in [9.17, 15) is 5.11 Å². The van der Waals surface area contributed by atoms with E-state index < -0.39 is 6.10 Å². The highest BCUT2D eigenvalue weighted by molar-refractivity contribution is 6.32. The van der Waals surface area contributed by atoms with Crippen LogP contribution in [0.25, 0.3) is 0 Å². The van der Waals surface area contributed by atoms with Crippen LogP contribution in [0.3, 0.4) is 0 Å². The normalized spacial score (nSPS) is 12.4. The molecule has 2 aromatic carbocycles. The number of rotatable bonds is 3. The van der Waals surface area contributed by atoms with Gasteiger partial charge in [0.15, 0.2) is 0 Å². The Morgan fingerprint density at radius 2 is 1.67 bits per heavy atom. The van der Waals surface area contributed by atoms with Gasteiger partial charge in [-0.3, -0.25) is 0 Å². The fraction of sp³-hybridized carbons (Fsp3) is 0.250. The van der Waals surface area contributed by atoms with E-state index in [2.05, 4.69) is 13.0 Å². The predicted octanol–water partition coefficient (Wildman–Crippen LogP) is 4.23. The summed E-state index contributed by atoms with van der Waals surface area (Å²) < 4.78 is 0. The molecule has 1 nitrogen and oxygen atoms in total. The Kier molecular flexibility index (Phi) is 4.05. The minimum atomic E-state index is -0.557. The zero-order valence-corrected chi connectivity index (χ0v) is 11.4. The first-order chi connectivity index (χ1) is 8.59. The van der Waals surface area contributed by atoms with Gasteiger partial charge >= 0.3 is 0 Å². The fourth-order valence-electron chi connectivity index (χ4n) is 2.08. The summed E-state index contributed by atoms with van der Waals surface area (Å²) in [6.07, 6.45) is 0.0362. The molecule has 0 aliphatic carbocycles. The third kappa shape index (κ3) is 2.74. The molecule has 0 aliphatic heterocycles. The van der Waals surface area contributed by atoms with Gasteiger partial charge in [0.05, 0.1) is 6.10 Å². The number of aliphatic hydroxyl groups excluding tert-OH is 1. The lowest BCUT2D eigenvalue weighted by Gasteiger charge is -2.15. The van der Waals surface area contributed by atoms with E-state index in [1.165, 1.54) is 5.56 Å². The SMILES string of the molecule is Cc1ccccc1CC(O)c1cccc(C)c1Cl. The van der Waals surface area contributed by atoms with Gasteiger partial charge in [0.2, 0.25) is 0 Å². The largest absolute Gasteiger partial charge is 0.388 e. The Balaban J connectivity index is 2.25. The minimum Gasteiger partial charge on any atom is -0.388 e. The average Bonchev–Trinajstić information content (AvgIpc) is 2.35. The van der Waals surface area contributed by atoms with Crippen molar-refractivity contribution < 1.29 is 5.11 Å². The Morgan fingerprint density at radius 1 is 1.00 bits per heavy atom. The van der Waals surface area contributed by atoms with Gasteiger partial charge in [0.25, 0.3) is 0 Å². The Hall–Kier alpha value is -1.31. The van der Waals surface area contributed by atoms with Crippen molar-refractivity contribution in [2.45, 2.75) is 26.4 Å². The number of hydrogen-bond donors (Lipinski definition) is 1. The van der Waals surface area contributed by atoms with E-state index in [4.69, 9.17) is 11.6 Å². The molecule has 0 aromatic heterocycles. The maximum absolute atomic E-state index is 10.3. The zero-order valence-electron chi connectivity index (χ0n) is 10.7. The number of aryl methyl sites for hydroxylation is 2. The van der Waals surface area contributed by atoms with Crippen molar-refractivity contribution >= 4 is 11.6 Å². The van der Waals surface area contributed by atoms with Crippen molar-refractivity contribution in [2.24, 2.45) is 0 Å². The average molecular weight is 261 g/mol. The second-order valence-electron chi connectivity index (χ2n) is 4.62. The van der Waals surface area contributed by atoms with Crippen LogP contribution in [0.5, 0.6) is 0 Å². The lowest BCUT2D eigenvalue weighted by atomic mass is 9.97. The van der Waals surface area contributed by atoms with E-state index in [1.54, 1.807) is 0 Å². The molecular weight excluding hydrogens is 244 g/mol. The first-order valence-corrected chi connectivity index (χ1v) is 6.45. The minimum absolute atomic E-state index is 0.557. The highest BCUT2D eigenvalue weighted by Gasteiger charge is 2.14. The molecule has 0 heterocycles. The summed E-state index contributed by atoms with van der Waals surface area (Å²) in [5.74, 6) is 0. The fourth-order valence-corrected chi connectivity index (χ4v) is 2.34. The van der Waals surface area contributed by atoms with Gasteiger partial charge < -0.3 is 5.11 Å². The van der Waals surface area contributed by atoms with Crippen LogP contribution >= 0.6 is 11.6 Å². The van der Waals surface area contributed by atoms with E-state index in [-0.39, 0.29) is 0 Å². The smallest absolute Gasteiger partial charge is 0.0844 e. The van der Waals surface area contributed by atoms with Gasteiger partial charge in [-0.15, -0.1) is 0 Å². The first kappa shape index (κ1) is 13.1. The Morgan fingerprint density at radius 3 is 2.39 bits per heavy atom. The van der Waals surface area contributed by atoms with E-state index in [0.29, 0.717) is 11.4 Å². The quantitative estimate of drug-likeness (QED) is 0.876. The maximum Gasteiger partial charge on any atom is 0.0844 e. The second-order valence-corrected chi connectivity index (χ2v) is 5.00. The summed E-state index contributed by atoms with van der Waals surface area (Å²) in [5, 5.41) is 11.0. The summed E-state index contributed by atoms with van der Waals surface area (Å²) >= 11 is 6.23. The van der Waals surface area contributed by atoms with E-state index in [1.807, 2.05) is 43.3 Å². The number of hydrogen-bond acceptors (Lipinski definition) is 1. The van der Waals surface area contributed by atoms with Crippen LogP contribution in [0.15, 0.2) is 42.5 Å². The highest BCUT2D eigenvalue weighted by Crippen LogP contribution is 2.28. The number of halogens is 1. The number of benzene rings is 2. The molecule has 0 saturated carbocycles. The zero-order chi connectivity index (χ0) is 13.1. The second kappa shape index (κ2) is 5.55. The van der Waals surface area contributed by atoms with E-state index >= 15 is 0 Å². The van der Waals surface area contributed by atoms with Crippen LogP contribution in [0, 0.1) is 13.8 Å². The molecule has 94 valence electrons. The van der Waals surface area contributed by atoms with Crippen molar-refractivity contribution in [1.29, 1.82) is 0 Å². The van der Waals surface area contributed by atoms with Crippen molar-refractivity contribution in [3.63, 3.8) is 0 Å². The summed E-state index contributed by atoms with van der Waals surface area (Å²) in [4.78, 5) is 0. The summed E-state index contributed by atoms with van der Waals surface area (Å²) in [6, 6.07) is 13.9. The molecule has 0 fully saturated rings. The molecule has 1 N–H and O–H groups in total. The maximum atomic E-state index is 10.3. The van der Waals surface area contributed by atoms with Crippen LogP contribution < -0.4 is 0 Å². The molecule has 0 amide bonds. The molecule has 18 heavy (non-hydrogen) atoms. The van der Waals surface area contributed by atoms with Crippen LogP contribution in [0.4, 0.5) is 0 Å². The topological polar surface area (TPSA) is 20.2 Å². The Bertz CT molecular complexity index is 549. The van der Waals surface area contributed by atoms with Crippen LogP contribution in [0.2, 0.25) is 5.02 Å². The standard InChI is InChI=1S/C16H17ClO/c1-11-6-3-4-8-13(11)10-15(18)14-9-5-7-12(2)16(14)17/h3-9,15,18H,10H2,1-2H3. The monoisotopic (exact) mass is 260 g/mol. The third-order valence-electron chi connectivity index (χ3n) is 3.26. The number of aliphatic hydroxyl groups is 1. The lowest BCUT2D eigenvalue weighted by Crippen LogP contribution is -2.04. The first-order valence-electron chi connectivity index (χ1n) is 6.07. The van der Waals surface area contributed by atoms with Gasteiger partial charge in [-0.25, -0.2) is 0 Å². The van der Waals surface area contributed by atoms with Crippen molar-refractivity contribution in [1.82, 2.24) is 0 Å². The highest BCUT2D eigenvalue weighted by atomic mass is 35.5. The molecule has 1 atom stereocenters. The van der Waals surface area contributed by atoms with E-state index in [0.717, 1.165) is 16.7 Å². The van der Waals surface area contributed by atoms with Crippen LogP contribution in [-0.4, -0.2) is 5.11 Å². The summed E-state index contributed by atoms with van der Waals surface area (Å²) in [6.45, 7) is 4.01. The molecule has 0 radical (unpaired) electrons. The molecule has 2 aromatic rings. The van der Waals surface area contributed by atoms with Crippen molar-refractivity contribution in [3.05, 3.63) is 69.7 Å². The van der Waals surface area contributed by atoms with Crippen molar-refractivity contribution in [3.8, 4) is 0 Å². The molecule has 2 rings (SSSR count). The summed E-state index contributed by atoms with van der Waals surface area (Å²) in [5.41, 5.74) is 4.15. The van der Waals surface area contributed by atoms with Gasteiger partial charge in [0, 0.05) is 11.4 Å². The molecular formula is C16H17ClO. The third-order valence-corrected chi connectivity index (χ3v) is 3.77. The van der Waals surface area contributed by atoms with Crippen LogP contribution in [0.1, 0.15) is 28.4 Å². The van der Waals surface area contributed by atoms with Gasteiger partial charge in [-0.1, -0.05) is 54.1 Å². The van der Waals surface area contributed by atoms with Gasteiger partial charge in [0.1, 0.15) is 0 Å². The van der Waals surface area contributed by atoms with Crippen molar-refractivity contribution in [2.75, 3.05) is 0 Å². The molecule has 1 unspecified atom stereocenters. The molecule has 2 heteroatoms. The lowest BCUT2D eigenvalue weighted by molar-refractivity contribution is 0.178. The molecule has 0 aliphatic rings. The van der Waals surface area contributed by atoms with Gasteiger partial charge in [-0.2, -0.15) is 0 Å². The van der Waals surface area contributed by atoms with Crippen LogP contribution in [-0.2, 0) is 6.42 Å². The van der Waals surface area contributed by atoms with Gasteiger partial charge in [-0.05, 0) is 36.1 Å². The molecule has 0 spiro atoms. The molecule has 0 bridgehead atoms.